The summed E-state index contributed by atoms with van der Waals surface area (Å²) in [7, 11) is 0. The van der Waals surface area contributed by atoms with E-state index in [1.807, 2.05) is 25.1 Å². The van der Waals surface area contributed by atoms with Crippen molar-refractivity contribution in [2.24, 2.45) is 0 Å². The van der Waals surface area contributed by atoms with E-state index in [-0.39, 0.29) is 0 Å². The van der Waals surface area contributed by atoms with Crippen LogP contribution in [0.15, 0.2) is 36.4 Å². The SMILES string of the molecule is Cc1nc(N)c2cc3ccccc3cc2n1. The molecule has 2 N–H and O–H groups in total. The van der Waals surface area contributed by atoms with Crippen molar-refractivity contribution in [3.63, 3.8) is 0 Å². The zero-order chi connectivity index (χ0) is 11.1. The molecule has 3 aromatic rings. The zero-order valence-electron chi connectivity index (χ0n) is 8.94. The molecule has 0 spiro atoms. The van der Waals surface area contributed by atoms with Crippen LogP contribution in [0.3, 0.4) is 0 Å². The van der Waals surface area contributed by atoms with Crippen molar-refractivity contribution < 1.29 is 0 Å². The Labute approximate surface area is 92.9 Å². The number of nitrogens with zero attached hydrogens (tertiary/aromatic N) is 2. The first kappa shape index (κ1) is 9.09. The minimum atomic E-state index is 0.549. The summed E-state index contributed by atoms with van der Waals surface area (Å²) in [4.78, 5) is 8.57. The van der Waals surface area contributed by atoms with Crippen molar-refractivity contribution in [1.29, 1.82) is 0 Å². The number of hydrogen-bond acceptors (Lipinski definition) is 3. The number of fused-ring (bicyclic) bond motifs is 2. The third kappa shape index (κ3) is 1.29. The van der Waals surface area contributed by atoms with E-state index in [2.05, 4.69) is 28.2 Å². The van der Waals surface area contributed by atoms with Gasteiger partial charge < -0.3 is 5.73 Å². The first-order valence-corrected chi connectivity index (χ1v) is 5.17. The lowest BCUT2D eigenvalue weighted by atomic mass is 10.1. The van der Waals surface area contributed by atoms with Crippen LogP contribution in [-0.4, -0.2) is 9.97 Å². The van der Waals surface area contributed by atoms with Crippen LogP contribution in [0.1, 0.15) is 5.82 Å². The van der Waals surface area contributed by atoms with Crippen LogP contribution < -0.4 is 5.73 Å². The molecule has 0 saturated carbocycles. The number of aryl methyl sites for hydroxylation is 1. The summed E-state index contributed by atoms with van der Waals surface area (Å²) >= 11 is 0. The molecule has 0 aliphatic heterocycles. The third-order valence-electron chi connectivity index (χ3n) is 2.70. The van der Waals surface area contributed by atoms with Crippen molar-refractivity contribution in [1.82, 2.24) is 9.97 Å². The van der Waals surface area contributed by atoms with Gasteiger partial charge in [-0.1, -0.05) is 24.3 Å². The molecule has 2 aromatic carbocycles. The van der Waals surface area contributed by atoms with Gasteiger partial charge in [0.05, 0.1) is 5.52 Å². The van der Waals surface area contributed by atoms with Gasteiger partial charge in [-0.25, -0.2) is 9.97 Å². The predicted molar refractivity (Wildman–Crippen MR) is 66.2 cm³/mol. The summed E-state index contributed by atoms with van der Waals surface area (Å²) in [6.07, 6.45) is 0. The predicted octanol–water partition coefficient (Wildman–Crippen LogP) is 2.67. The molecule has 0 amide bonds. The van der Waals surface area contributed by atoms with Gasteiger partial charge in [-0.2, -0.15) is 0 Å². The highest BCUT2D eigenvalue weighted by atomic mass is 14.9. The average Bonchev–Trinajstić information content (AvgIpc) is 2.27. The topological polar surface area (TPSA) is 51.8 Å². The van der Waals surface area contributed by atoms with Crippen molar-refractivity contribution in [2.75, 3.05) is 5.73 Å². The summed E-state index contributed by atoms with van der Waals surface area (Å²) in [6.45, 7) is 1.85. The number of nitrogens with two attached hydrogens (primary N) is 1. The first-order chi connectivity index (χ1) is 7.74. The monoisotopic (exact) mass is 209 g/mol. The van der Waals surface area contributed by atoms with Crippen LogP contribution in [0.2, 0.25) is 0 Å². The van der Waals surface area contributed by atoms with Gasteiger partial charge in [0.25, 0.3) is 0 Å². The molecule has 78 valence electrons. The second kappa shape index (κ2) is 3.17. The van der Waals surface area contributed by atoms with Crippen LogP contribution in [0.5, 0.6) is 0 Å². The van der Waals surface area contributed by atoms with Gasteiger partial charge in [0, 0.05) is 5.39 Å². The Morgan fingerprint density at radius 1 is 1.00 bits per heavy atom. The summed E-state index contributed by atoms with van der Waals surface area (Å²) < 4.78 is 0. The Balaban J connectivity index is 2.51. The maximum Gasteiger partial charge on any atom is 0.135 e. The smallest absolute Gasteiger partial charge is 0.135 e. The van der Waals surface area contributed by atoms with Gasteiger partial charge in [-0.15, -0.1) is 0 Å². The van der Waals surface area contributed by atoms with E-state index >= 15 is 0 Å². The van der Waals surface area contributed by atoms with E-state index in [1.54, 1.807) is 0 Å². The third-order valence-corrected chi connectivity index (χ3v) is 2.70. The fourth-order valence-electron chi connectivity index (χ4n) is 1.96. The minimum Gasteiger partial charge on any atom is -0.383 e. The van der Waals surface area contributed by atoms with Gasteiger partial charge in [0.15, 0.2) is 0 Å². The molecule has 3 nitrogen and oxygen atoms in total. The molecule has 0 unspecified atom stereocenters. The molecule has 1 heterocycles. The Morgan fingerprint density at radius 2 is 1.69 bits per heavy atom. The van der Waals surface area contributed by atoms with Gasteiger partial charge in [0.1, 0.15) is 11.6 Å². The van der Waals surface area contributed by atoms with Crippen molar-refractivity contribution in [3.05, 3.63) is 42.2 Å². The Morgan fingerprint density at radius 3 is 2.44 bits per heavy atom. The molecule has 0 fully saturated rings. The molecule has 16 heavy (non-hydrogen) atoms. The van der Waals surface area contributed by atoms with Crippen molar-refractivity contribution in [3.8, 4) is 0 Å². The normalized spacial score (nSPS) is 11.1. The molecule has 0 saturated heterocycles. The van der Waals surface area contributed by atoms with E-state index in [4.69, 9.17) is 5.73 Å². The van der Waals surface area contributed by atoms with Gasteiger partial charge in [-0.3, -0.25) is 0 Å². The second-order valence-corrected chi connectivity index (χ2v) is 3.87. The van der Waals surface area contributed by atoms with E-state index in [9.17, 15) is 0 Å². The number of hydrogen-bond donors (Lipinski definition) is 1. The number of nitrogen functional groups attached to an aromatic ring is 1. The number of rotatable bonds is 0. The summed E-state index contributed by atoms with van der Waals surface area (Å²) in [5.41, 5.74) is 6.80. The lowest BCUT2D eigenvalue weighted by Crippen LogP contribution is -1.97. The average molecular weight is 209 g/mol. The Kier molecular flexibility index (Phi) is 1.80. The van der Waals surface area contributed by atoms with Gasteiger partial charge >= 0.3 is 0 Å². The molecule has 1 aromatic heterocycles. The highest BCUT2D eigenvalue weighted by Crippen LogP contribution is 2.24. The van der Waals surface area contributed by atoms with E-state index in [1.165, 1.54) is 5.39 Å². The standard InChI is InChI=1S/C13H11N3/c1-8-15-12-7-10-5-3-2-4-9(10)6-11(12)13(14)16-8/h2-7H,1H3,(H2,14,15,16). The Hall–Kier alpha value is -2.16. The lowest BCUT2D eigenvalue weighted by molar-refractivity contribution is 1.10. The minimum absolute atomic E-state index is 0.549. The fourth-order valence-corrected chi connectivity index (χ4v) is 1.96. The number of anilines is 1. The van der Waals surface area contributed by atoms with Crippen LogP contribution in [0.25, 0.3) is 21.7 Å². The molecule has 0 atom stereocenters. The number of benzene rings is 2. The van der Waals surface area contributed by atoms with E-state index in [0.717, 1.165) is 16.3 Å². The zero-order valence-corrected chi connectivity index (χ0v) is 8.94. The molecular weight excluding hydrogens is 198 g/mol. The van der Waals surface area contributed by atoms with Crippen LogP contribution in [0, 0.1) is 6.92 Å². The molecule has 3 heteroatoms. The van der Waals surface area contributed by atoms with Crippen LogP contribution >= 0.6 is 0 Å². The molecule has 0 bridgehead atoms. The highest BCUT2D eigenvalue weighted by Gasteiger charge is 2.04. The number of aromatic nitrogens is 2. The molecule has 0 aliphatic rings. The summed E-state index contributed by atoms with van der Waals surface area (Å²) in [5.74, 6) is 1.26. The van der Waals surface area contributed by atoms with Gasteiger partial charge in [-0.05, 0) is 29.8 Å². The molecule has 0 aliphatic carbocycles. The second-order valence-electron chi connectivity index (χ2n) is 3.87. The van der Waals surface area contributed by atoms with Crippen molar-refractivity contribution in [2.45, 2.75) is 6.92 Å². The fraction of sp³-hybridized carbons (Fsp3) is 0.0769. The van der Waals surface area contributed by atoms with Crippen LogP contribution in [0.4, 0.5) is 5.82 Å². The summed E-state index contributed by atoms with van der Waals surface area (Å²) in [5, 5.41) is 3.26. The molecule has 3 rings (SSSR count). The van der Waals surface area contributed by atoms with Crippen LogP contribution in [-0.2, 0) is 0 Å². The Bertz CT molecular complexity index is 689. The highest BCUT2D eigenvalue weighted by molar-refractivity contribution is 6.00. The molecule has 0 radical (unpaired) electrons. The van der Waals surface area contributed by atoms with Crippen molar-refractivity contribution >= 4 is 27.5 Å². The van der Waals surface area contributed by atoms with E-state index in [0.29, 0.717) is 11.6 Å². The lowest BCUT2D eigenvalue weighted by Gasteiger charge is -2.04. The maximum atomic E-state index is 5.90. The quantitative estimate of drug-likeness (QED) is 0.579. The summed E-state index contributed by atoms with van der Waals surface area (Å²) in [6, 6.07) is 12.3. The largest absolute Gasteiger partial charge is 0.383 e. The van der Waals surface area contributed by atoms with E-state index < -0.39 is 0 Å². The molecular formula is C13H11N3. The van der Waals surface area contributed by atoms with Gasteiger partial charge in [0.2, 0.25) is 0 Å². The first-order valence-electron chi connectivity index (χ1n) is 5.17. The maximum absolute atomic E-state index is 5.90.